The second-order valence-corrected chi connectivity index (χ2v) is 9.18. The highest BCUT2D eigenvalue weighted by atomic mass is 32.2. The van der Waals surface area contributed by atoms with Gasteiger partial charge in [-0.2, -0.15) is 8.42 Å². The third kappa shape index (κ3) is 3.15. The first-order valence-corrected chi connectivity index (χ1v) is 11.2. The Morgan fingerprint density at radius 1 is 1.22 bits per heavy atom. The van der Waals surface area contributed by atoms with Crippen molar-refractivity contribution in [2.45, 2.75) is 17.7 Å². The molecule has 0 atom stereocenters. The smallest absolute Gasteiger partial charge is 0.293 e. The first-order valence-electron chi connectivity index (χ1n) is 9.78. The summed E-state index contributed by atoms with van der Waals surface area (Å²) in [7, 11) is -4.53. The molecule has 1 aromatic heterocycles. The highest BCUT2D eigenvalue weighted by Gasteiger charge is 2.35. The minimum atomic E-state index is -4.53. The predicted molar refractivity (Wildman–Crippen MR) is 117 cm³/mol. The number of rotatable bonds is 5. The van der Waals surface area contributed by atoms with E-state index in [4.69, 9.17) is 0 Å². The monoisotopic (exact) mass is 455 g/mol. The number of aromatic nitrogens is 1. The van der Waals surface area contributed by atoms with Crippen LogP contribution >= 0.6 is 0 Å². The number of sulfonamides is 1. The fourth-order valence-electron chi connectivity index (χ4n) is 3.70. The first-order chi connectivity index (χ1) is 15.3. The molecule has 1 aliphatic carbocycles. The van der Waals surface area contributed by atoms with Crippen molar-refractivity contribution in [3.8, 4) is 5.75 Å². The average Bonchev–Trinajstić information content (AvgIpc) is 3.57. The van der Waals surface area contributed by atoms with Crippen molar-refractivity contribution in [2.75, 3.05) is 17.3 Å². The minimum Gasteiger partial charge on any atom is -0.506 e. The van der Waals surface area contributed by atoms with E-state index in [-0.39, 0.29) is 11.3 Å². The molecule has 0 radical (unpaired) electrons. The molecule has 0 saturated heterocycles. The maximum atomic E-state index is 13.4. The van der Waals surface area contributed by atoms with Gasteiger partial charge in [-0.3, -0.25) is 14.9 Å². The molecule has 2 aliphatic rings. The lowest BCUT2D eigenvalue weighted by molar-refractivity contribution is -0.387. The van der Waals surface area contributed by atoms with E-state index in [2.05, 4.69) is 15.1 Å². The summed E-state index contributed by atoms with van der Waals surface area (Å²) in [4.78, 5) is 23.2. The number of para-hydroxylation sites is 1. The molecule has 0 spiro atoms. The third-order valence-electron chi connectivity index (χ3n) is 5.44. The van der Waals surface area contributed by atoms with E-state index in [1.54, 1.807) is 24.3 Å². The summed E-state index contributed by atoms with van der Waals surface area (Å²) in [6.45, 7) is 0.543. The van der Waals surface area contributed by atoms with Gasteiger partial charge in [0.1, 0.15) is 11.3 Å². The van der Waals surface area contributed by atoms with Gasteiger partial charge in [0.15, 0.2) is 10.7 Å². The van der Waals surface area contributed by atoms with Gasteiger partial charge in [0.25, 0.3) is 21.3 Å². The summed E-state index contributed by atoms with van der Waals surface area (Å²) in [5, 5.41) is 25.2. The number of hydrogen-bond acceptors (Lipinski definition) is 8. The van der Waals surface area contributed by atoms with Gasteiger partial charge in [0.2, 0.25) is 0 Å². The zero-order valence-electron chi connectivity index (χ0n) is 16.5. The molecule has 164 valence electrons. The number of nitrogens with one attached hydrogen (secondary N) is 2. The van der Waals surface area contributed by atoms with Gasteiger partial charge in [-0.1, -0.05) is 18.2 Å². The van der Waals surface area contributed by atoms with Crippen molar-refractivity contribution in [1.82, 2.24) is 4.68 Å². The molecule has 1 saturated carbocycles. The van der Waals surface area contributed by atoms with E-state index in [1.165, 1.54) is 16.8 Å². The lowest BCUT2D eigenvalue weighted by atomic mass is 10.1. The Labute approximate surface area is 181 Å². The number of fused-ring (bicyclic) bond motifs is 2. The summed E-state index contributed by atoms with van der Waals surface area (Å²) >= 11 is 0. The Hall–Kier alpha value is -3.93. The molecular formula is C20H17N5O6S. The van der Waals surface area contributed by atoms with E-state index in [0.717, 1.165) is 18.9 Å². The van der Waals surface area contributed by atoms with Crippen molar-refractivity contribution in [2.24, 2.45) is 10.3 Å². The molecule has 32 heavy (non-hydrogen) atoms. The van der Waals surface area contributed by atoms with Crippen molar-refractivity contribution < 1.29 is 18.4 Å². The van der Waals surface area contributed by atoms with Gasteiger partial charge in [0, 0.05) is 18.0 Å². The minimum absolute atomic E-state index is 0.103. The molecule has 11 nitrogen and oxygen atoms in total. The maximum absolute atomic E-state index is 13.4. The number of benzene rings is 2. The fourth-order valence-corrected chi connectivity index (χ4v) is 4.97. The van der Waals surface area contributed by atoms with E-state index in [1.807, 2.05) is 0 Å². The molecule has 12 heteroatoms. The standard InChI is InChI=1S/C20H17N5O6S/c26-17-12-4-1-2-6-14(12)24(21-10-11-8-9-11)20(27)16(17)19-22-13-5-3-7-15(25(28)29)18(13)32(30,31)23-19/h1-7,11,21,26H,8-10H2,(H,22,23). The highest BCUT2D eigenvalue weighted by molar-refractivity contribution is 7.90. The molecule has 3 aromatic rings. The number of hydrogen-bond donors (Lipinski definition) is 3. The maximum Gasteiger partial charge on any atom is 0.293 e. The van der Waals surface area contributed by atoms with Crippen LogP contribution in [0.5, 0.6) is 5.75 Å². The van der Waals surface area contributed by atoms with Gasteiger partial charge in [0.05, 0.1) is 16.1 Å². The molecule has 3 N–H and O–H groups in total. The molecule has 0 bridgehead atoms. The van der Waals surface area contributed by atoms with E-state index in [9.17, 15) is 28.4 Å². The van der Waals surface area contributed by atoms with Gasteiger partial charge < -0.3 is 15.8 Å². The Morgan fingerprint density at radius 2 is 1.97 bits per heavy atom. The fraction of sp³-hybridized carbons (Fsp3) is 0.200. The molecule has 0 unspecified atom stereocenters. The van der Waals surface area contributed by atoms with Crippen LogP contribution in [0.1, 0.15) is 18.4 Å². The zero-order chi connectivity index (χ0) is 22.6. The largest absolute Gasteiger partial charge is 0.506 e. The topological polar surface area (TPSA) is 156 Å². The van der Waals surface area contributed by atoms with Gasteiger partial charge >= 0.3 is 0 Å². The molecule has 2 heterocycles. The van der Waals surface area contributed by atoms with E-state index >= 15 is 0 Å². The summed E-state index contributed by atoms with van der Waals surface area (Å²) in [5.74, 6) is -0.408. The van der Waals surface area contributed by atoms with Crippen molar-refractivity contribution in [3.63, 3.8) is 0 Å². The number of amidine groups is 1. The summed E-state index contributed by atoms with van der Waals surface area (Å²) in [6.07, 6.45) is 2.10. The van der Waals surface area contributed by atoms with Gasteiger partial charge in [-0.15, -0.1) is 4.40 Å². The third-order valence-corrected chi connectivity index (χ3v) is 6.81. The van der Waals surface area contributed by atoms with Gasteiger partial charge in [-0.25, -0.2) is 4.68 Å². The Balaban J connectivity index is 1.73. The van der Waals surface area contributed by atoms with Crippen LogP contribution in [0.3, 0.4) is 0 Å². The molecular weight excluding hydrogens is 438 g/mol. The van der Waals surface area contributed by atoms with Crippen LogP contribution in [0.4, 0.5) is 11.4 Å². The number of nitrogens with zero attached hydrogens (tertiary/aromatic N) is 3. The number of anilines is 1. The first kappa shape index (κ1) is 20.0. The lowest BCUT2D eigenvalue weighted by Crippen LogP contribution is -2.37. The molecule has 0 amide bonds. The molecule has 1 aliphatic heterocycles. The second kappa shape index (κ2) is 7.05. The number of pyridine rings is 1. The van der Waals surface area contributed by atoms with Crippen LogP contribution in [0.2, 0.25) is 0 Å². The van der Waals surface area contributed by atoms with Crippen LogP contribution in [0.25, 0.3) is 10.9 Å². The van der Waals surface area contributed by atoms with E-state index in [0.29, 0.717) is 23.4 Å². The Morgan fingerprint density at radius 3 is 2.69 bits per heavy atom. The normalized spacial score (nSPS) is 16.7. The second-order valence-electron chi connectivity index (χ2n) is 7.64. The van der Waals surface area contributed by atoms with Gasteiger partial charge in [-0.05, 0) is 37.0 Å². The molecule has 1 fully saturated rings. The molecule has 2 aromatic carbocycles. The van der Waals surface area contributed by atoms with Crippen molar-refractivity contribution in [1.29, 1.82) is 0 Å². The van der Waals surface area contributed by atoms with Crippen LogP contribution in [-0.4, -0.2) is 35.5 Å². The summed E-state index contributed by atoms with van der Waals surface area (Å²) < 4.78 is 30.6. The van der Waals surface area contributed by atoms with Crippen molar-refractivity contribution in [3.05, 3.63) is 68.5 Å². The Kier molecular flexibility index (Phi) is 4.41. The quantitative estimate of drug-likeness (QED) is 0.390. The Bertz CT molecular complexity index is 1490. The van der Waals surface area contributed by atoms with Crippen LogP contribution in [0.15, 0.2) is 56.6 Å². The molecule has 5 rings (SSSR count). The zero-order valence-corrected chi connectivity index (χ0v) is 17.3. The number of nitro groups is 1. The van der Waals surface area contributed by atoms with Crippen LogP contribution in [-0.2, 0) is 10.0 Å². The number of nitro benzene ring substituents is 1. The lowest BCUT2D eigenvalue weighted by Gasteiger charge is -2.21. The average molecular weight is 455 g/mol. The van der Waals surface area contributed by atoms with Crippen molar-refractivity contribution >= 4 is 38.1 Å². The summed E-state index contributed by atoms with van der Waals surface area (Å²) in [6, 6.07) is 10.3. The predicted octanol–water partition coefficient (Wildman–Crippen LogP) is 2.13. The number of aromatic hydroxyl groups is 1. The summed E-state index contributed by atoms with van der Waals surface area (Å²) in [5.41, 5.74) is 1.70. The van der Waals surface area contributed by atoms with Crippen LogP contribution in [0, 0.1) is 16.0 Å². The van der Waals surface area contributed by atoms with E-state index < -0.39 is 42.7 Å². The highest BCUT2D eigenvalue weighted by Crippen LogP contribution is 2.37. The van der Waals surface area contributed by atoms with Crippen LogP contribution < -0.4 is 16.3 Å². The SMILES string of the molecule is O=c1c(C2=NS(=O)(=O)c3c(cccc3[N+](=O)[O-])N2)c(O)c2ccccc2n1NCC1CC1.